The second kappa shape index (κ2) is 9.63. The molecular formula is C14H28N2O. The van der Waals surface area contributed by atoms with E-state index in [0.29, 0.717) is 0 Å². The summed E-state index contributed by atoms with van der Waals surface area (Å²) in [6.45, 7) is 8.97. The molecule has 0 aromatic carbocycles. The number of nitrogens with zero attached hydrogens (tertiary/aromatic N) is 1. The van der Waals surface area contributed by atoms with Crippen LogP contribution in [0.25, 0.3) is 0 Å². The van der Waals surface area contributed by atoms with Gasteiger partial charge in [-0.15, -0.1) is 6.58 Å². The number of unbranched alkanes of at least 4 members (excludes halogenated alkanes) is 2. The maximum Gasteiger partial charge on any atom is 0.0589 e. The Hall–Kier alpha value is -0.380. The van der Waals surface area contributed by atoms with Crippen LogP contribution in [-0.4, -0.2) is 50.8 Å². The third-order valence-corrected chi connectivity index (χ3v) is 3.16. The van der Waals surface area contributed by atoms with Crippen LogP contribution in [0.5, 0.6) is 0 Å². The molecule has 100 valence electrons. The largest absolute Gasteiger partial charge is 0.383 e. The van der Waals surface area contributed by atoms with Crippen molar-refractivity contribution in [3.8, 4) is 0 Å². The normalized spacial score (nSPS) is 15.4. The Labute approximate surface area is 106 Å². The van der Waals surface area contributed by atoms with Gasteiger partial charge in [-0.25, -0.2) is 0 Å². The average Bonchev–Trinajstić information content (AvgIpc) is 3.14. The van der Waals surface area contributed by atoms with Crippen LogP contribution in [0.15, 0.2) is 12.7 Å². The first-order valence-electron chi connectivity index (χ1n) is 6.92. The van der Waals surface area contributed by atoms with Gasteiger partial charge in [0.1, 0.15) is 0 Å². The molecule has 1 aliphatic carbocycles. The van der Waals surface area contributed by atoms with Crippen molar-refractivity contribution < 1.29 is 4.74 Å². The number of nitrogens with one attached hydrogen (secondary N) is 1. The number of ether oxygens (including phenoxy) is 1. The SMILES string of the molecule is C=CCN(CCCCCNC1CC1)CCOC. The number of hydrogen-bond acceptors (Lipinski definition) is 3. The van der Waals surface area contributed by atoms with Crippen LogP contribution < -0.4 is 5.32 Å². The first-order chi connectivity index (χ1) is 8.36. The van der Waals surface area contributed by atoms with E-state index in [4.69, 9.17) is 4.74 Å². The lowest BCUT2D eigenvalue weighted by Crippen LogP contribution is -2.28. The van der Waals surface area contributed by atoms with Crippen molar-refractivity contribution in [3.63, 3.8) is 0 Å². The molecule has 1 aliphatic rings. The summed E-state index contributed by atoms with van der Waals surface area (Å²) in [6.07, 6.45) is 8.67. The quantitative estimate of drug-likeness (QED) is 0.417. The van der Waals surface area contributed by atoms with Crippen molar-refractivity contribution in [2.75, 3.05) is 39.9 Å². The van der Waals surface area contributed by atoms with E-state index in [1.54, 1.807) is 7.11 Å². The maximum atomic E-state index is 5.11. The van der Waals surface area contributed by atoms with E-state index in [0.717, 1.165) is 25.7 Å². The summed E-state index contributed by atoms with van der Waals surface area (Å²) in [7, 11) is 1.76. The van der Waals surface area contributed by atoms with Gasteiger partial charge in [-0.3, -0.25) is 4.90 Å². The topological polar surface area (TPSA) is 24.5 Å². The van der Waals surface area contributed by atoms with Gasteiger partial charge in [0.05, 0.1) is 6.61 Å². The van der Waals surface area contributed by atoms with E-state index >= 15 is 0 Å². The van der Waals surface area contributed by atoms with Crippen LogP contribution in [0.1, 0.15) is 32.1 Å². The molecular weight excluding hydrogens is 212 g/mol. The first-order valence-corrected chi connectivity index (χ1v) is 6.92. The molecule has 1 fully saturated rings. The summed E-state index contributed by atoms with van der Waals surface area (Å²) in [6, 6.07) is 0.856. The summed E-state index contributed by atoms with van der Waals surface area (Å²) in [5.41, 5.74) is 0. The van der Waals surface area contributed by atoms with Gasteiger partial charge >= 0.3 is 0 Å². The van der Waals surface area contributed by atoms with Crippen LogP contribution in [0.3, 0.4) is 0 Å². The number of methoxy groups -OCH3 is 1. The standard InChI is InChI=1S/C14H28N2O/c1-3-10-16(12-13-17-2)11-6-4-5-9-15-14-7-8-14/h3,14-15H,1,4-13H2,2H3. The summed E-state index contributed by atoms with van der Waals surface area (Å²) >= 11 is 0. The van der Waals surface area contributed by atoms with E-state index in [-0.39, 0.29) is 0 Å². The molecule has 3 heteroatoms. The lowest BCUT2D eigenvalue weighted by atomic mass is 10.2. The van der Waals surface area contributed by atoms with Crippen molar-refractivity contribution in [1.82, 2.24) is 10.2 Å². The molecule has 0 aromatic rings. The molecule has 0 unspecified atom stereocenters. The van der Waals surface area contributed by atoms with Gasteiger partial charge in [0.25, 0.3) is 0 Å². The highest BCUT2D eigenvalue weighted by molar-refractivity contribution is 4.80. The monoisotopic (exact) mass is 240 g/mol. The highest BCUT2D eigenvalue weighted by Gasteiger charge is 2.19. The molecule has 0 radical (unpaired) electrons. The third kappa shape index (κ3) is 8.36. The molecule has 0 amide bonds. The summed E-state index contributed by atoms with van der Waals surface area (Å²) < 4.78 is 5.11. The molecule has 1 rings (SSSR count). The molecule has 1 saturated carbocycles. The van der Waals surface area contributed by atoms with Gasteiger partial charge in [-0.2, -0.15) is 0 Å². The second-order valence-corrected chi connectivity index (χ2v) is 4.87. The van der Waals surface area contributed by atoms with Gasteiger partial charge < -0.3 is 10.1 Å². The molecule has 0 heterocycles. The summed E-state index contributed by atoms with van der Waals surface area (Å²) in [4.78, 5) is 2.41. The molecule has 1 N–H and O–H groups in total. The number of hydrogen-bond donors (Lipinski definition) is 1. The fourth-order valence-corrected chi connectivity index (χ4v) is 1.93. The fraction of sp³-hybridized carbons (Fsp3) is 0.857. The van der Waals surface area contributed by atoms with Crippen LogP contribution in [0.4, 0.5) is 0 Å². The van der Waals surface area contributed by atoms with Gasteiger partial charge in [0, 0.05) is 26.2 Å². The van der Waals surface area contributed by atoms with Crippen molar-refractivity contribution in [1.29, 1.82) is 0 Å². The van der Waals surface area contributed by atoms with Crippen molar-refractivity contribution in [2.45, 2.75) is 38.1 Å². The minimum absolute atomic E-state index is 0.817. The van der Waals surface area contributed by atoms with E-state index in [1.165, 1.54) is 45.2 Å². The Balaban J connectivity index is 1.90. The maximum absolute atomic E-state index is 5.11. The Kier molecular flexibility index (Phi) is 8.32. The van der Waals surface area contributed by atoms with Crippen molar-refractivity contribution >= 4 is 0 Å². The minimum Gasteiger partial charge on any atom is -0.383 e. The van der Waals surface area contributed by atoms with Crippen molar-refractivity contribution in [2.24, 2.45) is 0 Å². The van der Waals surface area contributed by atoms with Gasteiger partial charge in [0.2, 0.25) is 0 Å². The van der Waals surface area contributed by atoms with E-state index in [9.17, 15) is 0 Å². The predicted octanol–water partition coefficient (Wildman–Crippen LogP) is 2.04. The second-order valence-electron chi connectivity index (χ2n) is 4.87. The molecule has 17 heavy (non-hydrogen) atoms. The zero-order chi connectivity index (χ0) is 12.3. The smallest absolute Gasteiger partial charge is 0.0589 e. The van der Waals surface area contributed by atoms with Crippen LogP contribution in [0, 0.1) is 0 Å². The molecule has 0 aromatic heterocycles. The van der Waals surface area contributed by atoms with E-state index < -0.39 is 0 Å². The van der Waals surface area contributed by atoms with Crippen LogP contribution in [-0.2, 0) is 4.74 Å². The molecule has 0 bridgehead atoms. The molecule has 0 aliphatic heterocycles. The van der Waals surface area contributed by atoms with Crippen LogP contribution >= 0.6 is 0 Å². The Bertz CT molecular complexity index is 193. The van der Waals surface area contributed by atoms with Gasteiger partial charge in [-0.1, -0.05) is 12.5 Å². The zero-order valence-corrected chi connectivity index (χ0v) is 11.3. The average molecular weight is 240 g/mol. The third-order valence-electron chi connectivity index (χ3n) is 3.16. The molecule has 3 nitrogen and oxygen atoms in total. The Morgan fingerprint density at radius 3 is 2.76 bits per heavy atom. The highest BCUT2D eigenvalue weighted by Crippen LogP contribution is 2.18. The Morgan fingerprint density at radius 1 is 1.29 bits per heavy atom. The minimum atomic E-state index is 0.817. The van der Waals surface area contributed by atoms with Crippen molar-refractivity contribution in [3.05, 3.63) is 12.7 Å². The zero-order valence-electron chi connectivity index (χ0n) is 11.3. The molecule has 0 saturated heterocycles. The first kappa shape index (κ1) is 14.7. The fourth-order valence-electron chi connectivity index (χ4n) is 1.93. The predicted molar refractivity (Wildman–Crippen MR) is 73.4 cm³/mol. The lowest BCUT2D eigenvalue weighted by Gasteiger charge is -2.19. The summed E-state index contributed by atoms with van der Waals surface area (Å²) in [5.74, 6) is 0. The van der Waals surface area contributed by atoms with Gasteiger partial charge in [0.15, 0.2) is 0 Å². The lowest BCUT2D eigenvalue weighted by molar-refractivity contribution is 0.153. The number of rotatable bonds is 12. The van der Waals surface area contributed by atoms with E-state index in [1.807, 2.05) is 6.08 Å². The van der Waals surface area contributed by atoms with E-state index in [2.05, 4.69) is 16.8 Å². The summed E-state index contributed by atoms with van der Waals surface area (Å²) in [5, 5.41) is 3.55. The Morgan fingerprint density at radius 2 is 2.12 bits per heavy atom. The molecule has 0 spiro atoms. The van der Waals surface area contributed by atoms with Crippen LogP contribution in [0.2, 0.25) is 0 Å². The van der Waals surface area contributed by atoms with Gasteiger partial charge in [-0.05, 0) is 38.8 Å². The molecule has 0 atom stereocenters. The highest BCUT2D eigenvalue weighted by atomic mass is 16.5.